The van der Waals surface area contributed by atoms with Crippen LogP contribution in [0.1, 0.15) is 43.8 Å². The van der Waals surface area contributed by atoms with Gasteiger partial charge in [-0.25, -0.2) is 19.5 Å². The third kappa shape index (κ3) is 3.51. The van der Waals surface area contributed by atoms with Gasteiger partial charge in [0.1, 0.15) is 23.4 Å². The topological polar surface area (TPSA) is 82.0 Å². The van der Waals surface area contributed by atoms with Gasteiger partial charge >= 0.3 is 0 Å². The van der Waals surface area contributed by atoms with Crippen LogP contribution < -0.4 is 5.73 Å². The molecule has 1 aliphatic carbocycles. The van der Waals surface area contributed by atoms with Crippen LogP contribution in [0.3, 0.4) is 0 Å². The maximum absolute atomic E-state index is 6.78. The van der Waals surface area contributed by atoms with Crippen molar-refractivity contribution < 1.29 is 0 Å². The van der Waals surface area contributed by atoms with Crippen LogP contribution in [0.4, 0.5) is 5.82 Å². The number of halogens is 1. The number of fused-ring (bicyclic) bond motifs is 2. The lowest BCUT2D eigenvalue weighted by molar-refractivity contribution is 0.424. The zero-order valence-corrected chi connectivity index (χ0v) is 18.8. The summed E-state index contributed by atoms with van der Waals surface area (Å²) in [6, 6.07) is 18.2. The van der Waals surface area contributed by atoms with E-state index in [1.165, 1.54) is 25.6 Å². The predicted molar refractivity (Wildman–Crippen MR) is 132 cm³/mol. The highest BCUT2D eigenvalue weighted by molar-refractivity contribution is 6.34. The van der Waals surface area contributed by atoms with E-state index >= 15 is 0 Å². The summed E-state index contributed by atoms with van der Waals surface area (Å²) in [6.07, 6.45) is 7.40. The van der Waals surface area contributed by atoms with E-state index in [2.05, 4.69) is 28.3 Å². The van der Waals surface area contributed by atoms with Gasteiger partial charge in [0, 0.05) is 22.4 Å². The van der Waals surface area contributed by atoms with Crippen LogP contribution >= 0.6 is 11.6 Å². The lowest BCUT2D eigenvalue weighted by atomic mass is 9.89. The normalized spacial score (nSPS) is 14.8. The Labute approximate surface area is 196 Å². The van der Waals surface area contributed by atoms with Gasteiger partial charge < -0.3 is 5.73 Å². The van der Waals surface area contributed by atoms with Gasteiger partial charge in [0.15, 0.2) is 5.82 Å². The molecule has 33 heavy (non-hydrogen) atoms. The van der Waals surface area contributed by atoms with Crippen molar-refractivity contribution in [2.24, 2.45) is 0 Å². The predicted octanol–water partition coefficient (Wildman–Crippen LogP) is 6.29. The summed E-state index contributed by atoms with van der Waals surface area (Å²) in [4.78, 5) is 14.2. The van der Waals surface area contributed by atoms with Crippen molar-refractivity contribution >= 4 is 33.8 Å². The summed E-state index contributed by atoms with van der Waals surface area (Å²) >= 11 is 6.78. The zero-order valence-electron chi connectivity index (χ0n) is 18.1. The minimum Gasteiger partial charge on any atom is -0.382 e. The van der Waals surface area contributed by atoms with Crippen molar-refractivity contribution in [1.29, 1.82) is 0 Å². The maximum atomic E-state index is 6.78. The number of imidazole rings is 1. The average Bonchev–Trinajstić information content (AvgIpc) is 3.25. The van der Waals surface area contributed by atoms with Crippen molar-refractivity contribution in [3.63, 3.8) is 0 Å². The number of nitrogens with zero attached hydrogens (tertiary/aromatic N) is 5. The number of nitrogens with two attached hydrogens (primary N) is 1. The van der Waals surface area contributed by atoms with Crippen LogP contribution in [0.5, 0.6) is 0 Å². The first-order valence-electron chi connectivity index (χ1n) is 11.3. The molecule has 164 valence electrons. The summed E-state index contributed by atoms with van der Waals surface area (Å²) in [7, 11) is 0. The molecule has 6 rings (SSSR count). The summed E-state index contributed by atoms with van der Waals surface area (Å²) < 4.78 is 1.86. The fourth-order valence-electron chi connectivity index (χ4n) is 4.88. The van der Waals surface area contributed by atoms with E-state index in [9.17, 15) is 0 Å². The quantitative estimate of drug-likeness (QED) is 0.346. The largest absolute Gasteiger partial charge is 0.382 e. The molecule has 2 N–H and O–H groups in total. The molecule has 1 aliphatic rings. The summed E-state index contributed by atoms with van der Waals surface area (Å²) in [5.41, 5.74) is 11.4. The molecule has 0 bridgehead atoms. The van der Waals surface area contributed by atoms with Gasteiger partial charge in [-0.2, -0.15) is 5.10 Å². The molecule has 2 aromatic carbocycles. The molecule has 0 amide bonds. The number of anilines is 1. The minimum atomic E-state index is 0.358. The highest BCUT2D eigenvalue weighted by Crippen LogP contribution is 2.39. The Kier molecular flexibility index (Phi) is 4.95. The second-order valence-electron chi connectivity index (χ2n) is 8.65. The summed E-state index contributed by atoms with van der Waals surface area (Å²) in [6.45, 7) is 0. The molecule has 0 unspecified atom stereocenters. The van der Waals surface area contributed by atoms with E-state index in [1.807, 2.05) is 40.9 Å². The van der Waals surface area contributed by atoms with Crippen molar-refractivity contribution in [2.45, 2.75) is 38.0 Å². The average molecular weight is 455 g/mol. The second kappa shape index (κ2) is 8.12. The minimum absolute atomic E-state index is 0.358. The maximum Gasteiger partial charge on any atom is 0.153 e. The van der Waals surface area contributed by atoms with Gasteiger partial charge in [0.25, 0.3) is 0 Å². The van der Waals surface area contributed by atoms with E-state index in [4.69, 9.17) is 27.3 Å². The molecule has 5 aromatic rings. The third-order valence-corrected chi connectivity index (χ3v) is 6.87. The molecule has 3 aromatic heterocycles. The molecule has 1 fully saturated rings. The molecule has 0 aliphatic heterocycles. The Balaban J connectivity index is 1.55. The van der Waals surface area contributed by atoms with Gasteiger partial charge in [-0.05, 0) is 31.0 Å². The molecule has 0 atom stereocenters. The molecule has 0 spiro atoms. The number of nitrogen functional groups attached to an aromatic ring is 1. The Hall–Kier alpha value is -3.51. The van der Waals surface area contributed by atoms with E-state index in [1.54, 1.807) is 0 Å². The molecular formula is C26H23ClN6. The van der Waals surface area contributed by atoms with Gasteiger partial charge in [0.2, 0.25) is 0 Å². The number of aromatic nitrogens is 5. The standard InChI is InChI=1S/C26H23ClN6/c27-20-13-18-11-12-21(16-7-3-1-4-8-16)31-22(18)14-19(20)23-24-25(28)29-15-30-33(24)26(32-23)17-9-5-2-6-10-17/h1,3-4,7-8,11-15,17H,2,5-6,9-10H2,(H2,28,29,30). The fourth-order valence-corrected chi connectivity index (χ4v) is 5.15. The van der Waals surface area contributed by atoms with Crippen molar-refractivity contribution in [2.75, 3.05) is 5.73 Å². The first-order chi connectivity index (χ1) is 16.2. The molecule has 1 saturated carbocycles. The molecule has 6 nitrogen and oxygen atoms in total. The number of hydrogen-bond acceptors (Lipinski definition) is 5. The van der Waals surface area contributed by atoms with Crippen molar-refractivity contribution in [3.8, 4) is 22.5 Å². The van der Waals surface area contributed by atoms with Crippen LogP contribution in [-0.2, 0) is 0 Å². The fraction of sp³-hybridized carbons (Fsp3) is 0.231. The molecule has 0 radical (unpaired) electrons. The monoisotopic (exact) mass is 454 g/mol. The number of benzene rings is 2. The van der Waals surface area contributed by atoms with E-state index < -0.39 is 0 Å². The highest BCUT2D eigenvalue weighted by atomic mass is 35.5. The lowest BCUT2D eigenvalue weighted by Crippen LogP contribution is -2.10. The van der Waals surface area contributed by atoms with Gasteiger partial charge in [-0.1, -0.05) is 67.3 Å². The number of rotatable bonds is 3. The SMILES string of the molecule is Nc1ncnn2c(C3CCCCC3)nc(-c3cc4nc(-c5ccccc5)ccc4cc3Cl)c12. The van der Waals surface area contributed by atoms with Gasteiger partial charge in [-0.3, -0.25) is 0 Å². The van der Waals surface area contributed by atoms with Crippen LogP contribution in [0.15, 0.2) is 60.9 Å². The Bertz CT molecular complexity index is 1470. The Morgan fingerprint density at radius 3 is 2.58 bits per heavy atom. The van der Waals surface area contributed by atoms with E-state index in [0.717, 1.165) is 46.4 Å². The first-order valence-corrected chi connectivity index (χ1v) is 11.7. The van der Waals surface area contributed by atoms with Crippen molar-refractivity contribution in [1.82, 2.24) is 24.6 Å². The molecule has 7 heteroatoms. The Morgan fingerprint density at radius 1 is 0.939 bits per heavy atom. The zero-order chi connectivity index (χ0) is 22.4. The molecular weight excluding hydrogens is 432 g/mol. The molecule has 0 saturated heterocycles. The summed E-state index contributed by atoms with van der Waals surface area (Å²) in [5.74, 6) is 1.70. The van der Waals surface area contributed by atoms with Crippen molar-refractivity contribution in [3.05, 3.63) is 71.8 Å². The van der Waals surface area contributed by atoms with Crippen LogP contribution in [0.2, 0.25) is 5.02 Å². The van der Waals surface area contributed by atoms with E-state index in [0.29, 0.717) is 28.0 Å². The van der Waals surface area contributed by atoms with Crippen LogP contribution in [0.25, 0.3) is 38.9 Å². The summed E-state index contributed by atoms with van der Waals surface area (Å²) in [5, 5.41) is 6.10. The van der Waals surface area contributed by atoms with Gasteiger partial charge in [0.05, 0.1) is 16.2 Å². The van der Waals surface area contributed by atoms with Crippen LogP contribution in [0, 0.1) is 0 Å². The van der Waals surface area contributed by atoms with Gasteiger partial charge in [-0.15, -0.1) is 0 Å². The number of pyridine rings is 1. The first kappa shape index (κ1) is 20.1. The number of hydrogen-bond donors (Lipinski definition) is 1. The molecule has 3 heterocycles. The van der Waals surface area contributed by atoms with Crippen LogP contribution in [-0.4, -0.2) is 24.6 Å². The lowest BCUT2D eigenvalue weighted by Gasteiger charge is -2.19. The Morgan fingerprint density at radius 2 is 1.76 bits per heavy atom. The van der Waals surface area contributed by atoms with E-state index in [-0.39, 0.29) is 0 Å². The third-order valence-electron chi connectivity index (χ3n) is 6.56. The smallest absolute Gasteiger partial charge is 0.153 e. The highest BCUT2D eigenvalue weighted by Gasteiger charge is 2.26. The second-order valence-corrected chi connectivity index (χ2v) is 9.05.